The van der Waals surface area contributed by atoms with Gasteiger partial charge >= 0.3 is 0 Å². The van der Waals surface area contributed by atoms with Gasteiger partial charge in [-0.1, -0.05) is 73.3 Å². The lowest BCUT2D eigenvalue weighted by Crippen LogP contribution is -2.45. The van der Waals surface area contributed by atoms with E-state index in [9.17, 15) is 9.18 Å². The van der Waals surface area contributed by atoms with Gasteiger partial charge in [-0.2, -0.15) is 0 Å². The molecule has 7 nitrogen and oxygen atoms in total. The zero-order valence-corrected chi connectivity index (χ0v) is 22.4. The molecule has 1 heterocycles. The summed E-state index contributed by atoms with van der Waals surface area (Å²) in [6.45, 7) is 8.28. The number of benzene rings is 3. The molecule has 3 aromatic rings. The smallest absolute Gasteiger partial charge is 0.242 e. The van der Waals surface area contributed by atoms with E-state index in [0.717, 1.165) is 29.9 Å². The molecular weight excluding hydrogens is 491 g/mol. The van der Waals surface area contributed by atoms with Crippen LogP contribution < -0.4 is 22.1 Å². The van der Waals surface area contributed by atoms with E-state index in [4.69, 9.17) is 11.5 Å². The van der Waals surface area contributed by atoms with Crippen LogP contribution in [0.2, 0.25) is 0 Å². The topological polar surface area (TPSA) is 109 Å². The number of amides is 1. The number of carbonyl (C=O) groups is 1. The van der Waals surface area contributed by atoms with E-state index in [2.05, 4.69) is 63.5 Å². The molecule has 0 aliphatic carbocycles. The summed E-state index contributed by atoms with van der Waals surface area (Å²) >= 11 is 0. The van der Waals surface area contributed by atoms with Crippen molar-refractivity contribution in [2.24, 2.45) is 16.5 Å². The number of nitrogens with one attached hydrogen (secondary N) is 2. The average molecular weight is 529 g/mol. The first-order chi connectivity index (χ1) is 18.8. The lowest BCUT2D eigenvalue weighted by atomic mass is 10.0. The molecule has 1 amide bonds. The first-order valence-electron chi connectivity index (χ1n) is 13.2. The van der Waals surface area contributed by atoms with Crippen molar-refractivity contribution in [1.29, 1.82) is 0 Å². The van der Waals surface area contributed by atoms with Crippen molar-refractivity contribution in [1.82, 2.24) is 15.5 Å². The van der Waals surface area contributed by atoms with Gasteiger partial charge in [0, 0.05) is 37.4 Å². The molecule has 3 aromatic carbocycles. The summed E-state index contributed by atoms with van der Waals surface area (Å²) in [6.07, 6.45) is 1.06. The molecule has 204 valence electrons. The van der Waals surface area contributed by atoms with E-state index in [1.165, 1.54) is 17.2 Å². The molecule has 0 saturated carbocycles. The number of nitrogens with zero attached hydrogens (tertiary/aromatic N) is 2. The summed E-state index contributed by atoms with van der Waals surface area (Å²) < 4.78 is 14.4. The molecule has 1 aliphatic heterocycles. The molecule has 8 heteroatoms. The number of hydrogen-bond donors (Lipinski definition) is 4. The van der Waals surface area contributed by atoms with Crippen molar-refractivity contribution < 1.29 is 9.18 Å². The summed E-state index contributed by atoms with van der Waals surface area (Å²) in [6, 6.07) is 22.8. The zero-order valence-electron chi connectivity index (χ0n) is 22.4. The minimum Gasteiger partial charge on any atom is -0.376 e. The maximum Gasteiger partial charge on any atom is 0.242 e. The predicted octanol–water partition coefficient (Wildman–Crippen LogP) is 4.03. The average Bonchev–Trinajstić information content (AvgIpc) is 3.34. The van der Waals surface area contributed by atoms with Gasteiger partial charge in [0.2, 0.25) is 5.91 Å². The normalized spacial score (nSPS) is 14.2. The summed E-state index contributed by atoms with van der Waals surface area (Å²) in [7, 11) is 0. The summed E-state index contributed by atoms with van der Waals surface area (Å²) in [5.41, 5.74) is 16.6. The van der Waals surface area contributed by atoms with Gasteiger partial charge in [0.05, 0.1) is 6.04 Å². The molecule has 1 aliphatic rings. The van der Waals surface area contributed by atoms with Crippen LogP contribution in [0, 0.1) is 12.7 Å². The quantitative estimate of drug-likeness (QED) is 0.161. The number of hydrogen-bond acceptors (Lipinski definition) is 4. The Morgan fingerprint density at radius 3 is 2.36 bits per heavy atom. The number of guanidine groups is 1. The van der Waals surface area contributed by atoms with Crippen LogP contribution in [-0.4, -0.2) is 29.4 Å². The number of nitrogens with two attached hydrogens (primary N) is 2. The third-order valence-corrected chi connectivity index (χ3v) is 6.96. The molecule has 0 aromatic heterocycles. The fraction of sp³-hybridized carbons (Fsp3) is 0.290. The Balaban J connectivity index is 1.51. The first-order valence-corrected chi connectivity index (χ1v) is 13.2. The second-order valence-corrected chi connectivity index (χ2v) is 9.97. The van der Waals surface area contributed by atoms with Crippen molar-refractivity contribution in [3.05, 3.63) is 119 Å². The monoisotopic (exact) mass is 528 g/mol. The van der Waals surface area contributed by atoms with Crippen LogP contribution in [0.5, 0.6) is 0 Å². The van der Waals surface area contributed by atoms with Crippen LogP contribution in [0.15, 0.2) is 90.1 Å². The van der Waals surface area contributed by atoms with Crippen LogP contribution in [-0.2, 0) is 24.4 Å². The number of rotatable bonds is 12. The minimum atomic E-state index is -0.601. The highest BCUT2D eigenvalue weighted by Crippen LogP contribution is 2.34. The van der Waals surface area contributed by atoms with Gasteiger partial charge in [0.1, 0.15) is 11.9 Å². The van der Waals surface area contributed by atoms with Gasteiger partial charge in [-0.15, -0.1) is 0 Å². The Morgan fingerprint density at radius 2 is 1.72 bits per heavy atom. The molecular formula is C31H37FN6O. The maximum atomic E-state index is 14.4. The van der Waals surface area contributed by atoms with Crippen molar-refractivity contribution in [2.45, 2.75) is 51.5 Å². The van der Waals surface area contributed by atoms with E-state index < -0.39 is 6.04 Å². The molecule has 0 fully saturated rings. The summed E-state index contributed by atoms with van der Waals surface area (Å²) in [5, 5.41) is 6.31. The van der Waals surface area contributed by atoms with Crippen LogP contribution in [0.25, 0.3) is 0 Å². The fourth-order valence-electron chi connectivity index (χ4n) is 4.99. The van der Waals surface area contributed by atoms with Crippen molar-refractivity contribution >= 4 is 11.9 Å². The van der Waals surface area contributed by atoms with E-state index in [1.54, 1.807) is 6.07 Å². The molecule has 0 saturated heterocycles. The van der Waals surface area contributed by atoms with Crippen LogP contribution in [0.4, 0.5) is 4.39 Å². The van der Waals surface area contributed by atoms with Gasteiger partial charge in [0.25, 0.3) is 0 Å². The number of aryl methyl sites for hydroxylation is 1. The van der Waals surface area contributed by atoms with E-state index in [-0.39, 0.29) is 30.3 Å². The van der Waals surface area contributed by atoms with E-state index >= 15 is 0 Å². The Labute approximate surface area is 229 Å². The van der Waals surface area contributed by atoms with Gasteiger partial charge in [-0.25, -0.2) is 4.39 Å². The van der Waals surface area contributed by atoms with Crippen molar-refractivity contribution in [3.63, 3.8) is 0 Å². The molecule has 39 heavy (non-hydrogen) atoms. The Morgan fingerprint density at radius 1 is 1.05 bits per heavy atom. The number of aliphatic imine (C=N–C) groups is 1. The molecule has 0 radical (unpaired) electrons. The van der Waals surface area contributed by atoms with Crippen LogP contribution in [0.3, 0.4) is 0 Å². The molecule has 0 bridgehead atoms. The highest BCUT2D eigenvalue weighted by Gasteiger charge is 2.30. The van der Waals surface area contributed by atoms with E-state index in [0.29, 0.717) is 24.9 Å². The second-order valence-electron chi connectivity index (χ2n) is 9.97. The Hall–Kier alpha value is -4.17. The highest BCUT2D eigenvalue weighted by molar-refractivity contribution is 5.82. The molecule has 2 unspecified atom stereocenters. The van der Waals surface area contributed by atoms with Crippen molar-refractivity contribution in [3.8, 4) is 0 Å². The molecule has 4 rings (SSSR count). The van der Waals surface area contributed by atoms with Gasteiger partial charge < -0.3 is 22.1 Å². The first kappa shape index (κ1) is 27.9. The predicted molar refractivity (Wildman–Crippen MR) is 154 cm³/mol. The minimum absolute atomic E-state index is 0.0148. The Kier molecular flexibility index (Phi) is 9.33. The number of halogens is 1. The Bertz CT molecular complexity index is 1300. The maximum absolute atomic E-state index is 14.4. The van der Waals surface area contributed by atoms with Crippen LogP contribution >= 0.6 is 0 Å². The van der Waals surface area contributed by atoms with E-state index in [1.807, 2.05) is 31.2 Å². The summed E-state index contributed by atoms with van der Waals surface area (Å²) in [4.78, 5) is 19.8. The zero-order chi connectivity index (χ0) is 27.8. The largest absolute Gasteiger partial charge is 0.376 e. The lowest BCUT2D eigenvalue weighted by molar-refractivity contribution is -0.123. The standard InChI is InChI=1S/C31H37FN6O/c1-21-14-15-24(27(32)17-21)18-36-30(39)28(13-8-16-35-31(33)34)37-22(2)29(23-9-4-3-5-10-23)38-19-25-11-6-7-12-26(25)20-38/h3-7,9-12,14-15,17,28-29,37H,2,8,13,16,18-20H2,1H3,(H,36,39)(H4,33,34,35). The highest BCUT2D eigenvalue weighted by atomic mass is 19.1. The fourth-order valence-corrected chi connectivity index (χ4v) is 4.99. The third kappa shape index (κ3) is 7.45. The molecule has 0 spiro atoms. The van der Waals surface area contributed by atoms with Crippen molar-refractivity contribution in [2.75, 3.05) is 6.54 Å². The third-order valence-electron chi connectivity index (χ3n) is 6.96. The molecule has 6 N–H and O–H groups in total. The summed E-state index contributed by atoms with van der Waals surface area (Å²) in [5.74, 6) is -0.562. The second kappa shape index (κ2) is 13.1. The number of fused-ring (bicyclic) bond motifs is 1. The van der Waals surface area contributed by atoms with Gasteiger partial charge in [-0.3, -0.25) is 14.7 Å². The number of carbonyl (C=O) groups excluding carboxylic acids is 1. The van der Waals surface area contributed by atoms with Crippen LogP contribution in [0.1, 0.15) is 46.7 Å². The lowest BCUT2D eigenvalue weighted by Gasteiger charge is -2.32. The van der Waals surface area contributed by atoms with Gasteiger partial charge in [0.15, 0.2) is 5.96 Å². The molecule has 2 atom stereocenters. The van der Waals surface area contributed by atoms with Gasteiger partial charge in [-0.05, 0) is 48.1 Å². The SMILES string of the molecule is C=C(NC(CCCN=C(N)N)C(=O)NCc1ccc(C)cc1F)C(c1ccccc1)N1Cc2ccccc2C1.